The minimum atomic E-state index is -0.338. The zero-order valence-electron chi connectivity index (χ0n) is 19.3. The Morgan fingerprint density at radius 2 is 1.67 bits per heavy atom. The third kappa shape index (κ3) is 5.10. The molecule has 7 nitrogen and oxygen atoms in total. The van der Waals surface area contributed by atoms with E-state index in [4.69, 9.17) is 5.26 Å². The van der Waals surface area contributed by atoms with Crippen molar-refractivity contribution >= 4 is 16.8 Å². The van der Waals surface area contributed by atoms with E-state index in [1.165, 1.54) is 12.1 Å². The maximum absolute atomic E-state index is 13.6. The molecule has 3 aromatic carbocycles. The lowest BCUT2D eigenvalue weighted by molar-refractivity contribution is 0.0718. The largest absolute Gasteiger partial charge is 0.325 e. The first-order valence-electron chi connectivity index (χ1n) is 11.3. The van der Waals surface area contributed by atoms with Crippen LogP contribution in [-0.2, 0) is 19.6 Å². The van der Waals surface area contributed by atoms with Gasteiger partial charge in [-0.25, -0.2) is 9.37 Å². The Labute approximate surface area is 207 Å². The first-order chi connectivity index (χ1) is 17.6. The van der Waals surface area contributed by atoms with Crippen LogP contribution in [0.5, 0.6) is 0 Å². The normalized spacial score (nSPS) is 10.8. The number of hydrogen-bond acceptors (Lipinski definition) is 5. The molecule has 176 valence electrons. The summed E-state index contributed by atoms with van der Waals surface area (Å²) in [4.78, 5) is 19.8. The summed E-state index contributed by atoms with van der Waals surface area (Å²) >= 11 is 0. The first-order valence-corrected chi connectivity index (χ1v) is 11.3. The van der Waals surface area contributed by atoms with Crippen LogP contribution in [0, 0.1) is 17.1 Å². The number of hydrogen-bond donors (Lipinski definition) is 0. The van der Waals surface area contributed by atoms with Crippen molar-refractivity contribution in [3.8, 4) is 6.07 Å². The summed E-state index contributed by atoms with van der Waals surface area (Å²) in [6.45, 7) is 0.916. The van der Waals surface area contributed by atoms with Crippen molar-refractivity contribution in [1.82, 2.24) is 24.6 Å². The van der Waals surface area contributed by atoms with Gasteiger partial charge in [-0.15, -0.1) is 10.2 Å². The number of nitriles is 1. The van der Waals surface area contributed by atoms with Crippen molar-refractivity contribution in [3.05, 3.63) is 125 Å². The Kier molecular flexibility index (Phi) is 6.45. The quantitative estimate of drug-likeness (QED) is 0.339. The molecule has 0 N–H and O–H groups in total. The Morgan fingerprint density at radius 3 is 2.44 bits per heavy atom. The van der Waals surface area contributed by atoms with Crippen LogP contribution in [0.4, 0.5) is 4.39 Å². The molecule has 1 amide bonds. The van der Waals surface area contributed by atoms with Gasteiger partial charge in [0.05, 0.1) is 30.2 Å². The fraction of sp³-hybridized carbons (Fsp3) is 0.107. The molecule has 0 aliphatic carbocycles. The van der Waals surface area contributed by atoms with Crippen LogP contribution in [0.2, 0.25) is 0 Å². The van der Waals surface area contributed by atoms with Gasteiger partial charge in [0.25, 0.3) is 5.91 Å². The first kappa shape index (κ1) is 22.9. The Bertz CT molecular complexity index is 1550. The minimum absolute atomic E-state index is 0.182. The standard InChI is InChI=1S/C28H21FN6O/c29-24-12-9-22(10-13-24)16-34(28(36)26-14-11-23-3-1-2-4-25(23)32-26)18-27-33-31-19-35(27)17-21-7-5-20(15-30)6-8-21/h1-14,19H,16-18H2. The zero-order chi connectivity index (χ0) is 24.9. The van der Waals surface area contributed by atoms with Crippen molar-refractivity contribution in [1.29, 1.82) is 5.26 Å². The lowest BCUT2D eigenvalue weighted by Gasteiger charge is -2.23. The van der Waals surface area contributed by atoms with E-state index in [2.05, 4.69) is 21.3 Å². The van der Waals surface area contributed by atoms with Gasteiger partial charge >= 0.3 is 0 Å². The Balaban J connectivity index is 1.44. The molecule has 5 rings (SSSR count). The predicted octanol–water partition coefficient (Wildman–Crippen LogP) is 4.73. The number of fused-ring (bicyclic) bond motifs is 1. The number of amides is 1. The van der Waals surface area contributed by atoms with E-state index in [1.807, 2.05) is 47.0 Å². The number of para-hydroxylation sites is 1. The number of aromatic nitrogens is 4. The average Bonchev–Trinajstić information content (AvgIpc) is 3.35. The molecule has 2 aromatic heterocycles. The van der Waals surface area contributed by atoms with Crippen LogP contribution in [0.15, 0.2) is 91.3 Å². The van der Waals surface area contributed by atoms with Crippen molar-refractivity contribution in [2.75, 3.05) is 0 Å². The summed E-state index contributed by atoms with van der Waals surface area (Å²) in [6, 6.07) is 26.6. The number of pyridine rings is 1. The molecule has 0 aliphatic heterocycles. The lowest BCUT2D eigenvalue weighted by Crippen LogP contribution is -2.32. The van der Waals surface area contributed by atoms with E-state index in [1.54, 1.807) is 41.6 Å². The number of carbonyl (C=O) groups excluding carboxylic acids is 1. The van der Waals surface area contributed by atoms with Gasteiger partial charge in [0.15, 0.2) is 5.82 Å². The minimum Gasteiger partial charge on any atom is -0.325 e. The number of benzene rings is 3. The van der Waals surface area contributed by atoms with E-state index in [0.29, 0.717) is 23.6 Å². The molecule has 0 saturated carbocycles. The van der Waals surface area contributed by atoms with Crippen LogP contribution in [0.3, 0.4) is 0 Å². The average molecular weight is 477 g/mol. The highest BCUT2D eigenvalue weighted by Gasteiger charge is 2.21. The molecule has 36 heavy (non-hydrogen) atoms. The van der Waals surface area contributed by atoms with E-state index in [0.717, 1.165) is 22.0 Å². The maximum Gasteiger partial charge on any atom is 0.273 e. The summed E-state index contributed by atoms with van der Waals surface area (Å²) in [5.74, 6) is -0.0106. The fourth-order valence-electron chi connectivity index (χ4n) is 3.94. The van der Waals surface area contributed by atoms with Gasteiger partial charge in [-0.3, -0.25) is 4.79 Å². The number of rotatable bonds is 7. The van der Waals surface area contributed by atoms with Crippen LogP contribution in [-0.4, -0.2) is 30.6 Å². The molecule has 0 aliphatic rings. The van der Waals surface area contributed by atoms with Crippen molar-refractivity contribution in [2.24, 2.45) is 0 Å². The van der Waals surface area contributed by atoms with Gasteiger partial charge in [-0.1, -0.05) is 48.5 Å². The zero-order valence-corrected chi connectivity index (χ0v) is 19.3. The highest BCUT2D eigenvalue weighted by Crippen LogP contribution is 2.17. The topological polar surface area (TPSA) is 87.7 Å². The Hall–Kier alpha value is -4.90. The summed E-state index contributed by atoms with van der Waals surface area (Å²) in [7, 11) is 0. The highest BCUT2D eigenvalue weighted by molar-refractivity contribution is 5.94. The molecule has 0 spiro atoms. The van der Waals surface area contributed by atoms with Gasteiger partial charge in [-0.2, -0.15) is 5.26 Å². The van der Waals surface area contributed by atoms with E-state index >= 15 is 0 Å². The van der Waals surface area contributed by atoms with Crippen LogP contribution in [0.25, 0.3) is 10.9 Å². The highest BCUT2D eigenvalue weighted by atomic mass is 19.1. The number of nitrogens with zero attached hydrogens (tertiary/aromatic N) is 6. The summed E-state index contributed by atoms with van der Waals surface area (Å²) in [6.07, 6.45) is 1.61. The van der Waals surface area contributed by atoms with Gasteiger partial charge in [0.1, 0.15) is 17.8 Å². The smallest absolute Gasteiger partial charge is 0.273 e. The van der Waals surface area contributed by atoms with E-state index in [9.17, 15) is 9.18 Å². The molecular formula is C28H21FN6O. The van der Waals surface area contributed by atoms with Gasteiger partial charge < -0.3 is 9.47 Å². The van der Waals surface area contributed by atoms with Crippen molar-refractivity contribution in [2.45, 2.75) is 19.6 Å². The van der Waals surface area contributed by atoms with E-state index < -0.39 is 0 Å². The second-order valence-electron chi connectivity index (χ2n) is 8.36. The van der Waals surface area contributed by atoms with Gasteiger partial charge in [0.2, 0.25) is 0 Å². The third-order valence-electron chi connectivity index (χ3n) is 5.86. The Morgan fingerprint density at radius 1 is 0.917 bits per heavy atom. The molecule has 0 atom stereocenters. The summed E-state index contributed by atoms with van der Waals surface area (Å²) in [5, 5.41) is 18.3. The van der Waals surface area contributed by atoms with Gasteiger partial charge in [-0.05, 0) is 47.5 Å². The van der Waals surface area contributed by atoms with Crippen LogP contribution < -0.4 is 0 Å². The molecule has 8 heteroatoms. The molecule has 0 radical (unpaired) electrons. The summed E-state index contributed by atoms with van der Waals surface area (Å²) in [5.41, 5.74) is 3.39. The third-order valence-corrected chi connectivity index (χ3v) is 5.86. The maximum atomic E-state index is 13.6. The number of carbonyl (C=O) groups is 1. The summed E-state index contributed by atoms with van der Waals surface area (Å²) < 4.78 is 15.3. The molecule has 2 heterocycles. The number of halogens is 1. The molecular weight excluding hydrogens is 455 g/mol. The predicted molar refractivity (Wildman–Crippen MR) is 132 cm³/mol. The lowest BCUT2D eigenvalue weighted by atomic mass is 10.1. The fourth-order valence-corrected chi connectivity index (χ4v) is 3.94. The molecule has 0 unspecified atom stereocenters. The molecule has 0 saturated heterocycles. The SMILES string of the molecule is N#Cc1ccc(Cn2cnnc2CN(Cc2ccc(F)cc2)C(=O)c2ccc3ccccc3n2)cc1. The monoisotopic (exact) mass is 476 g/mol. The molecule has 5 aromatic rings. The van der Waals surface area contributed by atoms with Crippen molar-refractivity contribution < 1.29 is 9.18 Å². The molecule has 0 bridgehead atoms. The second-order valence-corrected chi connectivity index (χ2v) is 8.36. The van der Waals surface area contributed by atoms with E-state index in [-0.39, 0.29) is 24.8 Å². The second kappa shape index (κ2) is 10.2. The van der Waals surface area contributed by atoms with Gasteiger partial charge in [0, 0.05) is 11.9 Å². The molecule has 0 fully saturated rings. The van der Waals surface area contributed by atoms with Crippen LogP contribution >= 0.6 is 0 Å². The van der Waals surface area contributed by atoms with Crippen molar-refractivity contribution in [3.63, 3.8) is 0 Å². The van der Waals surface area contributed by atoms with Crippen LogP contribution in [0.1, 0.15) is 33.0 Å².